The molecular formula is C32H26N8O2. The number of nitrogen functional groups attached to an aromatic ring is 1. The van der Waals surface area contributed by atoms with Crippen molar-refractivity contribution in [2.75, 3.05) is 16.4 Å². The molecule has 206 valence electrons. The summed E-state index contributed by atoms with van der Waals surface area (Å²) >= 11 is 0. The summed E-state index contributed by atoms with van der Waals surface area (Å²) in [7, 11) is 0. The number of imidazole rings is 1. The minimum absolute atomic E-state index is 0.153. The van der Waals surface area contributed by atoms with E-state index in [-0.39, 0.29) is 18.2 Å². The summed E-state index contributed by atoms with van der Waals surface area (Å²) in [5.41, 5.74) is 13.1. The van der Waals surface area contributed by atoms with Crippen molar-refractivity contribution in [1.29, 1.82) is 0 Å². The lowest BCUT2D eigenvalue weighted by molar-refractivity contribution is -0.116. The Morgan fingerprint density at radius 2 is 1.57 bits per heavy atom. The molecule has 0 spiro atoms. The lowest BCUT2D eigenvalue weighted by atomic mass is 10.1. The first-order chi connectivity index (χ1) is 20.4. The van der Waals surface area contributed by atoms with Crippen LogP contribution in [0.4, 0.5) is 17.2 Å². The monoisotopic (exact) mass is 554 g/mol. The summed E-state index contributed by atoms with van der Waals surface area (Å²) in [6, 6.07) is 24.2. The van der Waals surface area contributed by atoms with E-state index in [0.717, 1.165) is 22.4 Å². The van der Waals surface area contributed by atoms with Gasteiger partial charge in [0.1, 0.15) is 11.3 Å². The minimum Gasteiger partial charge on any atom is -0.383 e. The van der Waals surface area contributed by atoms with E-state index in [1.807, 2.05) is 59.2 Å². The summed E-state index contributed by atoms with van der Waals surface area (Å²) in [5, 5.41) is 5.60. The number of pyridine rings is 3. The Morgan fingerprint density at radius 3 is 2.26 bits per heavy atom. The van der Waals surface area contributed by atoms with Crippen molar-refractivity contribution in [1.82, 2.24) is 24.5 Å². The van der Waals surface area contributed by atoms with E-state index in [1.54, 1.807) is 49.1 Å². The highest BCUT2D eigenvalue weighted by Crippen LogP contribution is 2.32. The zero-order valence-corrected chi connectivity index (χ0v) is 22.7. The molecule has 42 heavy (non-hydrogen) atoms. The molecule has 4 N–H and O–H groups in total. The molecule has 0 unspecified atom stereocenters. The average molecular weight is 555 g/mol. The van der Waals surface area contributed by atoms with Gasteiger partial charge in [-0.15, -0.1) is 0 Å². The van der Waals surface area contributed by atoms with Crippen LogP contribution in [0.1, 0.15) is 12.5 Å². The minimum atomic E-state index is -0.156. The van der Waals surface area contributed by atoms with E-state index >= 15 is 0 Å². The van der Waals surface area contributed by atoms with Crippen molar-refractivity contribution in [3.8, 4) is 28.2 Å². The molecule has 0 bridgehead atoms. The predicted octanol–water partition coefficient (Wildman–Crippen LogP) is 5.27. The highest BCUT2D eigenvalue weighted by molar-refractivity contribution is 5.93. The molecule has 0 radical (unpaired) electrons. The van der Waals surface area contributed by atoms with Crippen LogP contribution in [0.2, 0.25) is 0 Å². The van der Waals surface area contributed by atoms with Crippen LogP contribution in [-0.2, 0) is 16.0 Å². The number of fused-ring (bicyclic) bond motifs is 1. The predicted molar refractivity (Wildman–Crippen MR) is 163 cm³/mol. The van der Waals surface area contributed by atoms with Gasteiger partial charge in [0.2, 0.25) is 11.8 Å². The topological polar surface area (TPSA) is 141 Å². The number of carbonyl (C=O) groups is 2. The molecule has 4 heterocycles. The smallest absolute Gasteiger partial charge is 0.228 e. The normalized spacial score (nSPS) is 10.9. The van der Waals surface area contributed by atoms with Crippen molar-refractivity contribution < 1.29 is 9.59 Å². The molecule has 0 saturated heterocycles. The first-order valence-corrected chi connectivity index (χ1v) is 13.2. The molecule has 2 amide bonds. The number of nitrogens with two attached hydrogens (primary N) is 1. The van der Waals surface area contributed by atoms with Gasteiger partial charge in [0, 0.05) is 59.9 Å². The second kappa shape index (κ2) is 11.3. The SMILES string of the molecule is CC(=O)Nc1ccc(NC(=O)Cc2ccc(-n3c(-c4cccnc4N)nc4cc(-c5cccnc5)cnc43)cc2)cc1. The number of hydrogen-bond donors (Lipinski definition) is 3. The number of nitrogens with one attached hydrogen (secondary N) is 2. The van der Waals surface area contributed by atoms with Gasteiger partial charge in [0.15, 0.2) is 11.5 Å². The van der Waals surface area contributed by atoms with Crippen molar-refractivity contribution in [3.63, 3.8) is 0 Å². The molecular weight excluding hydrogens is 528 g/mol. The molecule has 6 aromatic rings. The fourth-order valence-corrected chi connectivity index (χ4v) is 4.68. The summed E-state index contributed by atoms with van der Waals surface area (Å²) in [6.45, 7) is 1.45. The first-order valence-electron chi connectivity index (χ1n) is 13.2. The zero-order valence-electron chi connectivity index (χ0n) is 22.7. The third-order valence-electron chi connectivity index (χ3n) is 6.62. The van der Waals surface area contributed by atoms with Crippen LogP contribution in [-0.4, -0.2) is 36.3 Å². The van der Waals surface area contributed by atoms with Gasteiger partial charge in [-0.05, 0) is 66.2 Å². The number of anilines is 3. The third-order valence-corrected chi connectivity index (χ3v) is 6.62. The number of hydrogen-bond acceptors (Lipinski definition) is 7. The first kappa shape index (κ1) is 26.3. The maximum absolute atomic E-state index is 12.7. The Labute approximate surface area is 241 Å². The van der Waals surface area contributed by atoms with Crippen LogP contribution < -0.4 is 16.4 Å². The quantitative estimate of drug-likeness (QED) is 0.244. The van der Waals surface area contributed by atoms with E-state index in [0.29, 0.717) is 39.7 Å². The van der Waals surface area contributed by atoms with E-state index in [2.05, 4.69) is 20.6 Å². The van der Waals surface area contributed by atoms with Crippen LogP contribution in [0.3, 0.4) is 0 Å². The Balaban J connectivity index is 1.29. The van der Waals surface area contributed by atoms with E-state index < -0.39 is 0 Å². The number of carbonyl (C=O) groups excluding carboxylic acids is 2. The largest absolute Gasteiger partial charge is 0.383 e. The summed E-state index contributed by atoms with van der Waals surface area (Å²) in [4.78, 5) is 42.1. The van der Waals surface area contributed by atoms with Gasteiger partial charge in [-0.25, -0.2) is 15.0 Å². The van der Waals surface area contributed by atoms with Gasteiger partial charge in [-0.1, -0.05) is 18.2 Å². The number of rotatable bonds is 7. The Kier molecular flexibility index (Phi) is 7.08. The number of nitrogens with zero attached hydrogens (tertiary/aromatic N) is 5. The molecule has 0 aliphatic rings. The lowest BCUT2D eigenvalue weighted by Crippen LogP contribution is -2.14. The van der Waals surface area contributed by atoms with Crippen molar-refractivity contribution in [2.24, 2.45) is 0 Å². The Bertz CT molecular complexity index is 1900. The molecule has 0 aliphatic heterocycles. The van der Waals surface area contributed by atoms with E-state index in [9.17, 15) is 9.59 Å². The van der Waals surface area contributed by atoms with E-state index in [4.69, 9.17) is 15.7 Å². The van der Waals surface area contributed by atoms with Gasteiger partial charge in [0.05, 0.1) is 12.0 Å². The second-order valence-corrected chi connectivity index (χ2v) is 9.67. The fraction of sp³-hybridized carbons (Fsp3) is 0.0625. The van der Waals surface area contributed by atoms with Gasteiger partial charge in [-0.3, -0.25) is 19.1 Å². The van der Waals surface area contributed by atoms with Crippen LogP contribution in [0.15, 0.2) is 104 Å². The summed E-state index contributed by atoms with van der Waals surface area (Å²) in [5.74, 6) is 0.663. The van der Waals surface area contributed by atoms with Gasteiger partial charge < -0.3 is 16.4 Å². The van der Waals surface area contributed by atoms with Crippen molar-refractivity contribution in [2.45, 2.75) is 13.3 Å². The molecule has 10 nitrogen and oxygen atoms in total. The fourth-order valence-electron chi connectivity index (χ4n) is 4.68. The van der Waals surface area contributed by atoms with E-state index in [1.165, 1.54) is 6.92 Å². The second-order valence-electron chi connectivity index (χ2n) is 9.67. The lowest BCUT2D eigenvalue weighted by Gasteiger charge is -2.11. The standard InChI is InChI=1S/C32H26N8O2/c1-20(41)37-24-8-10-25(11-9-24)38-29(42)16-21-6-12-26(13-7-21)40-31(27-5-3-15-35-30(27)33)39-28-17-23(19-36-32(28)40)22-4-2-14-34-18-22/h2-15,17-19H,16H2,1H3,(H2,33,35)(H,37,41)(H,38,42). The molecule has 6 rings (SSSR count). The number of amides is 2. The molecule has 2 aromatic carbocycles. The Morgan fingerprint density at radius 1 is 0.833 bits per heavy atom. The zero-order chi connectivity index (χ0) is 29.1. The Hall–Kier alpha value is -5.90. The van der Waals surface area contributed by atoms with Crippen LogP contribution in [0.5, 0.6) is 0 Å². The molecule has 0 aliphatic carbocycles. The molecule has 0 saturated carbocycles. The highest BCUT2D eigenvalue weighted by Gasteiger charge is 2.19. The number of benzene rings is 2. The van der Waals surface area contributed by atoms with Gasteiger partial charge >= 0.3 is 0 Å². The molecule has 0 fully saturated rings. The molecule has 0 atom stereocenters. The third kappa shape index (κ3) is 5.54. The van der Waals surface area contributed by atoms with Crippen LogP contribution in [0, 0.1) is 0 Å². The van der Waals surface area contributed by atoms with Crippen LogP contribution in [0.25, 0.3) is 39.4 Å². The molecule has 10 heteroatoms. The van der Waals surface area contributed by atoms with Crippen molar-refractivity contribution >= 4 is 40.2 Å². The maximum atomic E-state index is 12.7. The van der Waals surface area contributed by atoms with Gasteiger partial charge in [-0.2, -0.15) is 0 Å². The summed E-state index contributed by atoms with van der Waals surface area (Å²) < 4.78 is 1.94. The number of aromatic nitrogens is 5. The molecule has 4 aromatic heterocycles. The maximum Gasteiger partial charge on any atom is 0.228 e. The van der Waals surface area contributed by atoms with Crippen LogP contribution >= 0.6 is 0 Å². The van der Waals surface area contributed by atoms with Gasteiger partial charge in [0.25, 0.3) is 0 Å². The highest BCUT2D eigenvalue weighted by atomic mass is 16.2. The average Bonchev–Trinajstić information content (AvgIpc) is 3.37. The van der Waals surface area contributed by atoms with Crippen molar-refractivity contribution in [3.05, 3.63) is 109 Å². The summed E-state index contributed by atoms with van der Waals surface area (Å²) in [6.07, 6.45) is 7.15.